The van der Waals surface area contributed by atoms with Gasteiger partial charge in [-0.3, -0.25) is 4.79 Å². The molecule has 3 aromatic rings. The summed E-state index contributed by atoms with van der Waals surface area (Å²) in [6, 6.07) is 11.8. The van der Waals surface area contributed by atoms with Crippen LogP contribution in [0.1, 0.15) is 27.0 Å². The Balaban J connectivity index is 1.45. The third-order valence-corrected chi connectivity index (χ3v) is 6.57. The van der Waals surface area contributed by atoms with Gasteiger partial charge in [0.25, 0.3) is 5.91 Å². The maximum absolute atomic E-state index is 13.2. The van der Waals surface area contributed by atoms with Crippen LogP contribution in [0.5, 0.6) is 17.2 Å². The molecule has 0 spiro atoms. The Morgan fingerprint density at radius 2 is 1.40 bits per heavy atom. The zero-order valence-corrected chi connectivity index (χ0v) is 21.2. The molecule has 8 heteroatoms. The summed E-state index contributed by atoms with van der Waals surface area (Å²) in [5.74, 6) is 2.13. The molecular weight excluding hydrogens is 444 g/mol. The standard InChI is InChI=1S/C27H32N4O4/c1-17-13-19(3)21(14-18(17)2)22-7-8-25(29-28-22)30-9-11-31(12-10-30)27(32)20-15-23(33-4)26(35-6)24(16-20)34-5/h7-8,13-16H,9-12H2,1-6H3. The van der Waals surface area contributed by atoms with Crippen LogP contribution >= 0.6 is 0 Å². The van der Waals surface area contributed by atoms with E-state index in [0.29, 0.717) is 49.0 Å². The number of carbonyl (C=O) groups is 1. The molecule has 1 aromatic heterocycles. The van der Waals surface area contributed by atoms with Crippen LogP contribution in [-0.4, -0.2) is 68.5 Å². The van der Waals surface area contributed by atoms with E-state index < -0.39 is 0 Å². The Kier molecular flexibility index (Phi) is 7.10. The first kappa shape index (κ1) is 24.3. The Morgan fingerprint density at radius 1 is 0.771 bits per heavy atom. The fourth-order valence-corrected chi connectivity index (χ4v) is 4.40. The molecule has 0 radical (unpaired) electrons. The van der Waals surface area contributed by atoms with E-state index in [2.05, 4.69) is 48.0 Å². The normalized spacial score (nSPS) is 13.5. The smallest absolute Gasteiger partial charge is 0.254 e. The van der Waals surface area contributed by atoms with Gasteiger partial charge in [0.2, 0.25) is 5.75 Å². The number of amides is 1. The molecule has 0 N–H and O–H groups in total. The Bertz CT molecular complexity index is 1190. The lowest BCUT2D eigenvalue weighted by Gasteiger charge is -2.35. The monoisotopic (exact) mass is 476 g/mol. The van der Waals surface area contributed by atoms with E-state index in [9.17, 15) is 4.79 Å². The maximum Gasteiger partial charge on any atom is 0.254 e. The largest absolute Gasteiger partial charge is 0.493 e. The van der Waals surface area contributed by atoms with E-state index in [1.165, 1.54) is 30.9 Å². The van der Waals surface area contributed by atoms with Gasteiger partial charge in [0, 0.05) is 37.3 Å². The third-order valence-electron chi connectivity index (χ3n) is 6.57. The van der Waals surface area contributed by atoms with Gasteiger partial charge in [0.1, 0.15) is 0 Å². The highest BCUT2D eigenvalue weighted by atomic mass is 16.5. The summed E-state index contributed by atoms with van der Waals surface area (Å²) in [7, 11) is 4.62. The fraction of sp³-hybridized carbons (Fsp3) is 0.370. The summed E-state index contributed by atoms with van der Waals surface area (Å²) in [4.78, 5) is 17.2. The molecular formula is C27H32N4O4. The molecule has 0 aliphatic carbocycles. The number of nitrogens with zero attached hydrogens (tertiary/aromatic N) is 4. The summed E-state index contributed by atoms with van der Waals surface area (Å²) < 4.78 is 16.1. The topological polar surface area (TPSA) is 77.0 Å². The van der Waals surface area contributed by atoms with Crippen LogP contribution in [0.4, 0.5) is 5.82 Å². The van der Waals surface area contributed by atoms with Crippen molar-refractivity contribution in [2.45, 2.75) is 20.8 Å². The summed E-state index contributed by atoms with van der Waals surface area (Å²) in [6.45, 7) is 8.83. The van der Waals surface area contributed by atoms with E-state index in [1.54, 1.807) is 19.2 Å². The highest BCUT2D eigenvalue weighted by Gasteiger charge is 2.25. The predicted molar refractivity (Wildman–Crippen MR) is 136 cm³/mol. The maximum atomic E-state index is 13.2. The van der Waals surface area contributed by atoms with Crippen molar-refractivity contribution in [2.75, 3.05) is 52.4 Å². The summed E-state index contributed by atoms with van der Waals surface area (Å²) in [5.41, 5.74) is 6.17. The molecule has 2 heterocycles. The van der Waals surface area contributed by atoms with Gasteiger partial charge in [0.15, 0.2) is 17.3 Å². The first-order valence-electron chi connectivity index (χ1n) is 11.6. The van der Waals surface area contributed by atoms with Gasteiger partial charge in [-0.15, -0.1) is 10.2 Å². The van der Waals surface area contributed by atoms with Crippen molar-refractivity contribution in [3.8, 4) is 28.5 Å². The Morgan fingerprint density at radius 3 is 1.94 bits per heavy atom. The summed E-state index contributed by atoms with van der Waals surface area (Å²) in [6.07, 6.45) is 0. The van der Waals surface area contributed by atoms with E-state index in [0.717, 1.165) is 17.1 Å². The van der Waals surface area contributed by atoms with Gasteiger partial charge < -0.3 is 24.0 Å². The molecule has 1 fully saturated rings. The van der Waals surface area contributed by atoms with Gasteiger partial charge in [-0.1, -0.05) is 6.07 Å². The number of carbonyl (C=O) groups excluding carboxylic acids is 1. The highest BCUT2D eigenvalue weighted by molar-refractivity contribution is 5.95. The minimum Gasteiger partial charge on any atom is -0.493 e. The molecule has 35 heavy (non-hydrogen) atoms. The van der Waals surface area contributed by atoms with Gasteiger partial charge in [-0.05, 0) is 67.8 Å². The number of piperazine rings is 1. The van der Waals surface area contributed by atoms with E-state index in [-0.39, 0.29) is 5.91 Å². The lowest BCUT2D eigenvalue weighted by molar-refractivity contribution is 0.0745. The van der Waals surface area contributed by atoms with Crippen molar-refractivity contribution in [1.29, 1.82) is 0 Å². The van der Waals surface area contributed by atoms with Crippen molar-refractivity contribution in [1.82, 2.24) is 15.1 Å². The van der Waals surface area contributed by atoms with Gasteiger partial charge in [-0.2, -0.15) is 0 Å². The molecule has 1 amide bonds. The lowest BCUT2D eigenvalue weighted by Crippen LogP contribution is -2.49. The SMILES string of the molecule is COc1cc(C(=O)N2CCN(c3ccc(-c4cc(C)c(C)cc4C)nn3)CC2)cc(OC)c1OC. The molecule has 0 bridgehead atoms. The quantitative estimate of drug-likeness (QED) is 0.531. The fourth-order valence-electron chi connectivity index (χ4n) is 4.40. The van der Waals surface area contributed by atoms with Crippen LogP contribution in [-0.2, 0) is 0 Å². The van der Waals surface area contributed by atoms with Crippen LogP contribution in [0.25, 0.3) is 11.3 Å². The second-order valence-corrected chi connectivity index (χ2v) is 8.72. The van der Waals surface area contributed by atoms with Crippen molar-refractivity contribution in [3.63, 3.8) is 0 Å². The highest BCUT2D eigenvalue weighted by Crippen LogP contribution is 2.38. The van der Waals surface area contributed by atoms with E-state index in [1.807, 2.05) is 17.0 Å². The molecule has 8 nitrogen and oxygen atoms in total. The van der Waals surface area contributed by atoms with Crippen molar-refractivity contribution >= 4 is 11.7 Å². The first-order chi connectivity index (χ1) is 16.9. The van der Waals surface area contributed by atoms with Crippen LogP contribution in [0, 0.1) is 20.8 Å². The minimum absolute atomic E-state index is 0.0736. The Labute approximate surface area is 206 Å². The molecule has 0 atom stereocenters. The minimum atomic E-state index is -0.0736. The predicted octanol–water partition coefficient (Wildman–Crippen LogP) is 4.06. The number of anilines is 1. The molecule has 4 rings (SSSR count). The van der Waals surface area contributed by atoms with E-state index >= 15 is 0 Å². The molecule has 2 aromatic carbocycles. The van der Waals surface area contributed by atoms with Gasteiger partial charge in [-0.25, -0.2) is 0 Å². The second kappa shape index (κ2) is 10.2. The van der Waals surface area contributed by atoms with Crippen molar-refractivity contribution < 1.29 is 19.0 Å². The number of methoxy groups -OCH3 is 3. The molecule has 1 aliphatic rings. The van der Waals surface area contributed by atoms with Crippen LogP contribution in [0.15, 0.2) is 36.4 Å². The number of rotatable bonds is 6. The average Bonchev–Trinajstić information content (AvgIpc) is 2.89. The average molecular weight is 477 g/mol. The number of ether oxygens (including phenoxy) is 3. The van der Waals surface area contributed by atoms with Gasteiger partial charge in [0.05, 0.1) is 27.0 Å². The lowest BCUT2D eigenvalue weighted by atomic mass is 9.99. The van der Waals surface area contributed by atoms with Crippen molar-refractivity contribution in [2.24, 2.45) is 0 Å². The van der Waals surface area contributed by atoms with Crippen LogP contribution in [0.3, 0.4) is 0 Å². The third kappa shape index (κ3) is 4.87. The number of aryl methyl sites for hydroxylation is 3. The summed E-state index contributed by atoms with van der Waals surface area (Å²) in [5, 5.41) is 8.99. The molecule has 1 aliphatic heterocycles. The van der Waals surface area contributed by atoms with E-state index in [4.69, 9.17) is 14.2 Å². The molecule has 184 valence electrons. The number of benzene rings is 2. The Hall–Kier alpha value is -3.81. The van der Waals surface area contributed by atoms with Crippen LogP contribution < -0.4 is 19.1 Å². The second-order valence-electron chi connectivity index (χ2n) is 8.72. The van der Waals surface area contributed by atoms with Gasteiger partial charge >= 0.3 is 0 Å². The zero-order chi connectivity index (χ0) is 25.1. The molecule has 1 saturated heterocycles. The van der Waals surface area contributed by atoms with Crippen LogP contribution in [0.2, 0.25) is 0 Å². The summed E-state index contributed by atoms with van der Waals surface area (Å²) >= 11 is 0. The molecule has 0 saturated carbocycles. The number of hydrogen-bond donors (Lipinski definition) is 0. The molecule has 0 unspecified atom stereocenters. The van der Waals surface area contributed by atoms with Crippen molar-refractivity contribution in [3.05, 3.63) is 58.7 Å². The number of hydrogen-bond acceptors (Lipinski definition) is 7. The first-order valence-corrected chi connectivity index (χ1v) is 11.6. The zero-order valence-electron chi connectivity index (χ0n) is 21.2. The number of aromatic nitrogens is 2.